The highest BCUT2D eigenvalue weighted by Crippen LogP contribution is 2.15. The number of aliphatic imine (C=N–C) groups is 1. The summed E-state index contributed by atoms with van der Waals surface area (Å²) in [5, 5.41) is 3.27. The van der Waals surface area contributed by atoms with E-state index in [1.165, 1.54) is 0 Å². The van der Waals surface area contributed by atoms with Crippen molar-refractivity contribution in [2.24, 2.45) is 4.99 Å². The summed E-state index contributed by atoms with van der Waals surface area (Å²) in [7, 11) is 5.41. The number of nitrogens with zero attached hydrogens (tertiary/aromatic N) is 3. The van der Waals surface area contributed by atoms with Crippen LogP contribution < -0.4 is 10.1 Å². The number of hydrogen-bond donors (Lipinski definition) is 1. The van der Waals surface area contributed by atoms with Gasteiger partial charge >= 0.3 is 0 Å². The molecule has 1 rings (SSSR count). The molecule has 0 heterocycles. The van der Waals surface area contributed by atoms with E-state index in [-0.39, 0.29) is 36.4 Å². The molecule has 6 nitrogen and oxygen atoms in total. The van der Waals surface area contributed by atoms with E-state index in [1.807, 2.05) is 43.1 Å². The van der Waals surface area contributed by atoms with Gasteiger partial charge in [0, 0.05) is 27.7 Å². The molecular weight excluding hydrogens is 431 g/mol. The molecule has 0 aliphatic carbocycles. The van der Waals surface area contributed by atoms with Crippen LogP contribution >= 0.6 is 24.0 Å². The van der Waals surface area contributed by atoms with E-state index in [2.05, 4.69) is 17.2 Å². The van der Waals surface area contributed by atoms with E-state index in [0.717, 1.165) is 30.2 Å². The van der Waals surface area contributed by atoms with Gasteiger partial charge in [0.2, 0.25) is 5.91 Å². The van der Waals surface area contributed by atoms with E-state index in [1.54, 1.807) is 19.0 Å². The fourth-order valence-electron chi connectivity index (χ4n) is 1.95. The van der Waals surface area contributed by atoms with Gasteiger partial charge in [-0.1, -0.05) is 25.1 Å². The number of guanidine groups is 1. The second kappa shape index (κ2) is 12.8. The highest BCUT2D eigenvalue weighted by atomic mass is 127. The molecule has 0 spiro atoms. The number of benzene rings is 1. The molecule has 0 aromatic heterocycles. The summed E-state index contributed by atoms with van der Waals surface area (Å²) in [6, 6.07) is 7.96. The first kappa shape index (κ1) is 23.5. The number of rotatable bonds is 8. The number of amides is 1. The average Bonchev–Trinajstić information content (AvgIpc) is 2.56. The molecule has 7 heteroatoms. The van der Waals surface area contributed by atoms with E-state index >= 15 is 0 Å². The third-order valence-electron chi connectivity index (χ3n) is 3.54. The zero-order valence-corrected chi connectivity index (χ0v) is 18.2. The number of aryl methyl sites for hydroxylation is 1. The highest BCUT2D eigenvalue weighted by molar-refractivity contribution is 14.0. The zero-order chi connectivity index (χ0) is 17.9. The molecule has 1 amide bonds. The minimum Gasteiger partial charge on any atom is -0.491 e. The summed E-state index contributed by atoms with van der Waals surface area (Å²) in [4.78, 5) is 19.7. The fraction of sp³-hybridized carbons (Fsp3) is 0.556. The topological polar surface area (TPSA) is 57.2 Å². The normalized spacial score (nSPS) is 10.7. The van der Waals surface area contributed by atoms with Crippen LogP contribution in [-0.4, -0.2) is 69.1 Å². The van der Waals surface area contributed by atoms with Gasteiger partial charge in [0.25, 0.3) is 0 Å². The minimum atomic E-state index is -0.0182. The highest BCUT2D eigenvalue weighted by Gasteiger charge is 2.09. The van der Waals surface area contributed by atoms with Crippen LogP contribution in [0.25, 0.3) is 0 Å². The Morgan fingerprint density at radius 2 is 1.92 bits per heavy atom. The predicted octanol–water partition coefficient (Wildman–Crippen LogP) is 2.37. The van der Waals surface area contributed by atoms with E-state index in [4.69, 9.17) is 4.74 Å². The van der Waals surface area contributed by atoms with Gasteiger partial charge in [-0.15, -0.1) is 24.0 Å². The first-order chi connectivity index (χ1) is 11.5. The second-order valence-corrected chi connectivity index (χ2v) is 5.89. The lowest BCUT2D eigenvalue weighted by Crippen LogP contribution is -2.42. The molecule has 0 atom stereocenters. The Morgan fingerprint density at radius 3 is 2.52 bits per heavy atom. The van der Waals surface area contributed by atoms with Crippen LogP contribution in [0.15, 0.2) is 29.3 Å². The SMILES string of the molecule is CCCNC(=NCC(=O)N(C)C)N(C)CCOc1ccccc1C.I. The van der Waals surface area contributed by atoms with E-state index in [0.29, 0.717) is 13.2 Å². The lowest BCUT2D eigenvalue weighted by Gasteiger charge is -2.23. The number of hydrogen-bond acceptors (Lipinski definition) is 3. The maximum absolute atomic E-state index is 11.7. The van der Waals surface area contributed by atoms with Crippen LogP contribution in [0.2, 0.25) is 0 Å². The van der Waals surface area contributed by atoms with Crippen LogP contribution in [0.1, 0.15) is 18.9 Å². The predicted molar refractivity (Wildman–Crippen MR) is 114 cm³/mol. The van der Waals surface area contributed by atoms with E-state index in [9.17, 15) is 4.79 Å². The van der Waals surface area contributed by atoms with Crippen LogP contribution in [0, 0.1) is 6.92 Å². The molecule has 0 bridgehead atoms. The minimum absolute atomic E-state index is 0. The molecule has 0 saturated carbocycles. The van der Waals surface area contributed by atoms with Gasteiger partial charge < -0.3 is 19.9 Å². The van der Waals surface area contributed by atoms with Crippen molar-refractivity contribution in [3.8, 4) is 5.75 Å². The number of halogens is 1. The summed E-state index contributed by atoms with van der Waals surface area (Å²) >= 11 is 0. The first-order valence-corrected chi connectivity index (χ1v) is 8.33. The van der Waals surface area contributed by atoms with Gasteiger partial charge in [-0.25, -0.2) is 4.99 Å². The quantitative estimate of drug-likeness (QED) is 0.366. The Balaban J connectivity index is 0.00000576. The summed E-state index contributed by atoms with van der Waals surface area (Å²) < 4.78 is 5.83. The van der Waals surface area contributed by atoms with Gasteiger partial charge in [0.1, 0.15) is 18.9 Å². The maximum atomic E-state index is 11.7. The van der Waals surface area contributed by atoms with Gasteiger partial charge in [-0.2, -0.15) is 0 Å². The summed E-state index contributed by atoms with van der Waals surface area (Å²) in [6.07, 6.45) is 0.994. The Labute approximate surface area is 168 Å². The molecule has 142 valence electrons. The summed E-state index contributed by atoms with van der Waals surface area (Å²) in [5.41, 5.74) is 1.12. The molecule has 0 radical (unpaired) electrons. The molecule has 25 heavy (non-hydrogen) atoms. The maximum Gasteiger partial charge on any atom is 0.243 e. The number of ether oxygens (including phenoxy) is 1. The van der Waals surface area contributed by atoms with Crippen molar-refractivity contribution < 1.29 is 9.53 Å². The molecule has 1 aromatic carbocycles. The van der Waals surface area contributed by atoms with Gasteiger partial charge in [0.15, 0.2) is 5.96 Å². The molecule has 0 unspecified atom stereocenters. The number of carbonyl (C=O) groups is 1. The van der Waals surface area contributed by atoms with Gasteiger partial charge in [-0.05, 0) is 25.0 Å². The largest absolute Gasteiger partial charge is 0.491 e. The Kier molecular flexibility index (Phi) is 12.0. The Hall–Kier alpha value is -1.51. The van der Waals surface area contributed by atoms with Crippen LogP contribution in [0.5, 0.6) is 5.75 Å². The lowest BCUT2D eigenvalue weighted by atomic mass is 10.2. The van der Waals surface area contributed by atoms with Crippen molar-refractivity contribution in [1.29, 1.82) is 0 Å². The number of likely N-dealkylation sites (N-methyl/N-ethyl adjacent to an activating group) is 2. The molecule has 0 fully saturated rings. The van der Waals surface area contributed by atoms with Crippen molar-refractivity contribution in [2.75, 3.05) is 47.4 Å². The lowest BCUT2D eigenvalue weighted by molar-refractivity contribution is -0.127. The molecule has 0 aliphatic rings. The Morgan fingerprint density at radius 1 is 1.24 bits per heavy atom. The fourth-order valence-corrected chi connectivity index (χ4v) is 1.95. The van der Waals surface area contributed by atoms with Crippen LogP contribution in [0.4, 0.5) is 0 Å². The van der Waals surface area contributed by atoms with Crippen molar-refractivity contribution in [3.63, 3.8) is 0 Å². The van der Waals surface area contributed by atoms with Crippen LogP contribution in [-0.2, 0) is 4.79 Å². The van der Waals surface area contributed by atoms with E-state index < -0.39 is 0 Å². The zero-order valence-electron chi connectivity index (χ0n) is 15.9. The molecule has 0 saturated heterocycles. The third kappa shape index (κ3) is 8.94. The Bertz CT molecular complexity index is 550. The van der Waals surface area contributed by atoms with Crippen molar-refractivity contribution in [2.45, 2.75) is 20.3 Å². The molecular formula is C18H31IN4O2. The van der Waals surface area contributed by atoms with Crippen molar-refractivity contribution in [1.82, 2.24) is 15.1 Å². The smallest absolute Gasteiger partial charge is 0.243 e. The van der Waals surface area contributed by atoms with Crippen molar-refractivity contribution in [3.05, 3.63) is 29.8 Å². The summed E-state index contributed by atoms with van der Waals surface area (Å²) in [5.74, 6) is 1.60. The van der Waals surface area contributed by atoms with Gasteiger partial charge in [-0.3, -0.25) is 4.79 Å². The first-order valence-electron chi connectivity index (χ1n) is 8.33. The molecule has 0 aliphatic heterocycles. The van der Waals surface area contributed by atoms with Crippen LogP contribution in [0.3, 0.4) is 0 Å². The number of carbonyl (C=O) groups excluding carboxylic acids is 1. The number of nitrogens with one attached hydrogen (secondary N) is 1. The van der Waals surface area contributed by atoms with Crippen molar-refractivity contribution >= 4 is 35.8 Å². The molecule has 1 N–H and O–H groups in total. The van der Waals surface area contributed by atoms with Gasteiger partial charge in [0.05, 0.1) is 6.54 Å². The third-order valence-corrected chi connectivity index (χ3v) is 3.54. The average molecular weight is 462 g/mol. The monoisotopic (exact) mass is 462 g/mol. The molecule has 1 aromatic rings. The standard InChI is InChI=1S/C18H30N4O2.HI/c1-6-11-19-18(20-14-17(23)21(3)4)22(5)12-13-24-16-10-8-7-9-15(16)2;/h7-10H,6,11-14H2,1-5H3,(H,19,20);1H. The number of para-hydroxylation sites is 1. The second-order valence-electron chi connectivity index (χ2n) is 5.89. The summed E-state index contributed by atoms with van der Waals surface area (Å²) in [6.45, 7) is 6.31.